The maximum Gasteiger partial charge on any atom is 0.409 e. The number of piperazine rings is 1. The minimum Gasteiger partial charge on any atom is -0.449 e. The molecule has 7 heteroatoms. The largest absolute Gasteiger partial charge is 0.449 e. The third kappa shape index (κ3) is 3.39. The molecule has 0 aliphatic carbocycles. The van der Waals surface area contributed by atoms with Crippen molar-refractivity contribution in [1.29, 1.82) is 0 Å². The number of hydrogen-bond acceptors (Lipinski definition) is 6. The van der Waals surface area contributed by atoms with Gasteiger partial charge in [-0.25, -0.2) is 14.8 Å². The summed E-state index contributed by atoms with van der Waals surface area (Å²) in [5.74, 6) is 0.979. The molecule has 1 fully saturated rings. The predicted octanol–water partition coefficient (Wildman–Crippen LogP) is 2.92. The van der Waals surface area contributed by atoms with Crippen LogP contribution in [-0.2, 0) is 11.2 Å². The van der Waals surface area contributed by atoms with Crippen LogP contribution in [0.15, 0.2) is 12.4 Å². The van der Waals surface area contributed by atoms with E-state index in [1.807, 2.05) is 6.92 Å². The van der Waals surface area contributed by atoms with Crippen LogP contribution in [0, 0.1) is 0 Å². The van der Waals surface area contributed by atoms with Gasteiger partial charge in [-0.2, -0.15) is 0 Å². The minimum absolute atomic E-state index is 0.205. The van der Waals surface area contributed by atoms with Crippen molar-refractivity contribution in [3.8, 4) is 0 Å². The number of amides is 1. The van der Waals surface area contributed by atoms with Gasteiger partial charge >= 0.3 is 6.09 Å². The third-order valence-electron chi connectivity index (χ3n) is 3.97. The van der Waals surface area contributed by atoms with Crippen LogP contribution < -0.4 is 4.90 Å². The van der Waals surface area contributed by atoms with Crippen molar-refractivity contribution in [2.24, 2.45) is 0 Å². The summed E-state index contributed by atoms with van der Waals surface area (Å²) in [5, 5.41) is 1.12. The summed E-state index contributed by atoms with van der Waals surface area (Å²) < 4.78 is 5.20. The molecule has 6 nitrogen and oxygen atoms in total. The van der Waals surface area contributed by atoms with Crippen molar-refractivity contribution in [2.45, 2.75) is 26.7 Å². The monoisotopic (exact) mass is 334 g/mol. The van der Waals surface area contributed by atoms with E-state index < -0.39 is 0 Å². The summed E-state index contributed by atoms with van der Waals surface area (Å²) in [4.78, 5) is 27.1. The fourth-order valence-corrected chi connectivity index (χ4v) is 3.63. The van der Waals surface area contributed by atoms with Crippen LogP contribution in [-0.4, -0.2) is 53.7 Å². The Morgan fingerprint density at radius 1 is 1.26 bits per heavy atom. The summed E-state index contributed by atoms with van der Waals surface area (Å²) in [7, 11) is 0. The Hall–Kier alpha value is -1.89. The van der Waals surface area contributed by atoms with Crippen LogP contribution in [0.25, 0.3) is 10.2 Å². The molecule has 1 amide bonds. The molecule has 3 heterocycles. The standard InChI is InChI=1S/C16H22N4O2S/c1-3-9-22-16(21)20-7-5-19(6-8-20)14-13-10-12(4-2)23-15(13)18-11-17-14/h10-11H,3-9H2,1-2H3. The lowest BCUT2D eigenvalue weighted by Crippen LogP contribution is -2.49. The number of aromatic nitrogens is 2. The number of thiophene rings is 1. The van der Waals surface area contributed by atoms with E-state index in [0.717, 1.165) is 42.0 Å². The van der Waals surface area contributed by atoms with Gasteiger partial charge in [-0.3, -0.25) is 0 Å². The van der Waals surface area contributed by atoms with Gasteiger partial charge in [0.15, 0.2) is 0 Å². The Morgan fingerprint density at radius 3 is 2.74 bits per heavy atom. The van der Waals surface area contributed by atoms with Crippen molar-refractivity contribution in [1.82, 2.24) is 14.9 Å². The normalized spacial score (nSPS) is 15.2. The van der Waals surface area contributed by atoms with Gasteiger partial charge in [0.1, 0.15) is 17.0 Å². The first kappa shape index (κ1) is 16.0. The smallest absolute Gasteiger partial charge is 0.409 e. The van der Waals surface area contributed by atoms with Crippen LogP contribution in [0.3, 0.4) is 0 Å². The number of rotatable bonds is 4. The van der Waals surface area contributed by atoms with Gasteiger partial charge in [-0.15, -0.1) is 11.3 Å². The van der Waals surface area contributed by atoms with Gasteiger partial charge in [0.25, 0.3) is 0 Å². The number of aryl methyl sites for hydroxylation is 1. The quantitative estimate of drug-likeness (QED) is 0.860. The van der Waals surface area contributed by atoms with Gasteiger partial charge < -0.3 is 14.5 Å². The average Bonchev–Trinajstić information content (AvgIpc) is 3.03. The van der Waals surface area contributed by atoms with E-state index in [2.05, 4.69) is 27.9 Å². The van der Waals surface area contributed by atoms with E-state index in [1.54, 1.807) is 22.6 Å². The molecule has 1 aliphatic heterocycles. The van der Waals surface area contributed by atoms with E-state index in [-0.39, 0.29) is 6.09 Å². The number of ether oxygens (including phenoxy) is 1. The van der Waals surface area contributed by atoms with Crippen LogP contribution in [0.2, 0.25) is 0 Å². The van der Waals surface area contributed by atoms with Gasteiger partial charge in [-0.05, 0) is 18.9 Å². The van der Waals surface area contributed by atoms with Crippen molar-refractivity contribution in [3.05, 3.63) is 17.3 Å². The lowest BCUT2D eigenvalue weighted by molar-refractivity contribution is 0.100. The van der Waals surface area contributed by atoms with E-state index in [0.29, 0.717) is 19.7 Å². The molecule has 0 atom stereocenters. The fraction of sp³-hybridized carbons (Fsp3) is 0.562. The Labute approximate surface area is 140 Å². The van der Waals surface area contributed by atoms with Gasteiger partial charge in [0.2, 0.25) is 0 Å². The highest BCUT2D eigenvalue weighted by Crippen LogP contribution is 2.30. The maximum atomic E-state index is 11.9. The molecule has 2 aromatic rings. The number of fused-ring (bicyclic) bond motifs is 1. The van der Waals surface area contributed by atoms with E-state index in [1.165, 1.54) is 4.88 Å². The molecule has 0 spiro atoms. The zero-order valence-corrected chi connectivity index (χ0v) is 14.4. The van der Waals surface area contributed by atoms with Gasteiger partial charge in [0.05, 0.1) is 12.0 Å². The van der Waals surface area contributed by atoms with Crippen LogP contribution in [0.5, 0.6) is 0 Å². The molecule has 0 aromatic carbocycles. The fourth-order valence-electron chi connectivity index (χ4n) is 2.70. The van der Waals surface area contributed by atoms with E-state index >= 15 is 0 Å². The number of hydrogen-bond donors (Lipinski definition) is 0. The lowest BCUT2D eigenvalue weighted by Gasteiger charge is -2.34. The van der Waals surface area contributed by atoms with Crippen LogP contribution in [0.4, 0.5) is 10.6 Å². The predicted molar refractivity (Wildman–Crippen MR) is 92.2 cm³/mol. The van der Waals surface area contributed by atoms with E-state index in [9.17, 15) is 4.79 Å². The van der Waals surface area contributed by atoms with E-state index in [4.69, 9.17) is 4.74 Å². The number of carbonyl (C=O) groups is 1. The second-order valence-corrected chi connectivity index (χ2v) is 6.69. The summed E-state index contributed by atoms with van der Waals surface area (Å²) >= 11 is 1.73. The third-order valence-corrected chi connectivity index (χ3v) is 5.16. The summed E-state index contributed by atoms with van der Waals surface area (Å²) in [6.07, 6.45) is 3.29. The highest BCUT2D eigenvalue weighted by Gasteiger charge is 2.24. The molecule has 124 valence electrons. The minimum atomic E-state index is -0.205. The molecular formula is C16H22N4O2S. The molecule has 0 radical (unpaired) electrons. The molecule has 0 bridgehead atoms. The number of nitrogens with zero attached hydrogens (tertiary/aromatic N) is 4. The second-order valence-electron chi connectivity index (χ2n) is 5.57. The number of carbonyl (C=O) groups excluding carboxylic acids is 1. The zero-order valence-electron chi connectivity index (χ0n) is 13.6. The molecule has 23 heavy (non-hydrogen) atoms. The maximum absolute atomic E-state index is 11.9. The molecule has 3 rings (SSSR count). The van der Waals surface area contributed by atoms with Gasteiger partial charge in [-0.1, -0.05) is 13.8 Å². The molecule has 0 N–H and O–H groups in total. The molecule has 1 aliphatic rings. The van der Waals surface area contributed by atoms with Crippen molar-refractivity contribution in [2.75, 3.05) is 37.7 Å². The first-order chi connectivity index (χ1) is 11.2. The molecule has 2 aromatic heterocycles. The summed E-state index contributed by atoms with van der Waals surface area (Å²) in [6, 6.07) is 2.19. The van der Waals surface area contributed by atoms with Crippen LogP contribution >= 0.6 is 11.3 Å². The lowest BCUT2D eigenvalue weighted by atomic mass is 10.2. The topological polar surface area (TPSA) is 58.6 Å². The van der Waals surface area contributed by atoms with Gasteiger partial charge in [0, 0.05) is 31.1 Å². The Kier molecular flexibility index (Phi) is 4.95. The SMILES string of the molecule is CCCOC(=O)N1CCN(c2ncnc3sc(CC)cc23)CC1. The average molecular weight is 334 g/mol. The molecule has 0 saturated carbocycles. The molecular weight excluding hydrogens is 312 g/mol. The Bertz CT molecular complexity index is 680. The summed E-state index contributed by atoms with van der Waals surface area (Å²) in [5.41, 5.74) is 0. The van der Waals surface area contributed by atoms with Crippen molar-refractivity contribution >= 4 is 33.5 Å². The van der Waals surface area contributed by atoms with Crippen molar-refractivity contribution < 1.29 is 9.53 Å². The summed E-state index contributed by atoms with van der Waals surface area (Å²) in [6.45, 7) is 7.50. The Morgan fingerprint density at radius 2 is 2.04 bits per heavy atom. The van der Waals surface area contributed by atoms with Crippen LogP contribution in [0.1, 0.15) is 25.1 Å². The first-order valence-electron chi connectivity index (χ1n) is 8.13. The Balaban J connectivity index is 1.70. The second kappa shape index (κ2) is 7.12. The molecule has 0 unspecified atom stereocenters. The molecule has 1 saturated heterocycles. The zero-order chi connectivity index (χ0) is 16.2. The number of anilines is 1. The highest BCUT2D eigenvalue weighted by atomic mass is 32.1. The highest BCUT2D eigenvalue weighted by molar-refractivity contribution is 7.18. The van der Waals surface area contributed by atoms with Crippen molar-refractivity contribution in [3.63, 3.8) is 0 Å². The first-order valence-corrected chi connectivity index (χ1v) is 8.94.